The molecule has 0 aliphatic carbocycles. The van der Waals surface area contributed by atoms with Crippen LogP contribution in [0.3, 0.4) is 0 Å². The highest BCUT2D eigenvalue weighted by Gasteiger charge is 2.34. The van der Waals surface area contributed by atoms with E-state index in [4.69, 9.17) is 23.6 Å². The van der Waals surface area contributed by atoms with E-state index in [0.717, 1.165) is 23.1 Å². The van der Waals surface area contributed by atoms with Crippen LogP contribution < -0.4 is 4.74 Å². The Morgan fingerprint density at radius 3 is 2.57 bits per heavy atom. The molecular weight excluding hydrogens is 574 g/mol. The molecule has 0 spiro atoms. The second-order valence-corrected chi connectivity index (χ2v) is 12.6. The smallest absolute Gasteiger partial charge is 0.476 e. The molecule has 9 nitrogen and oxygen atoms in total. The van der Waals surface area contributed by atoms with Crippen molar-refractivity contribution >= 4 is 29.3 Å². The number of nitrogens with zero attached hydrogens (tertiary/aromatic N) is 3. The minimum atomic E-state index is -0.713. The molecule has 1 aliphatic heterocycles. The van der Waals surface area contributed by atoms with Crippen LogP contribution in [0.15, 0.2) is 81.1 Å². The summed E-state index contributed by atoms with van der Waals surface area (Å²) >= 11 is 3.28. The molecule has 0 bridgehead atoms. The number of carbonyl (C=O) groups excluding carboxylic acids is 1. The number of thioether (sulfide) groups is 1. The molecular formula is C31H35N3O6S2. The van der Waals surface area contributed by atoms with Gasteiger partial charge in [0.2, 0.25) is 6.10 Å². The first-order valence-electron chi connectivity index (χ1n) is 13.7. The summed E-state index contributed by atoms with van der Waals surface area (Å²) in [5.74, 6) is 1.17. The number of rotatable bonds is 10. The van der Waals surface area contributed by atoms with Crippen molar-refractivity contribution in [3.05, 3.63) is 94.3 Å². The number of ether oxygens (including phenoxy) is 3. The molecule has 11 heteroatoms. The molecule has 42 heavy (non-hydrogen) atoms. The molecule has 2 aromatic carbocycles. The second kappa shape index (κ2) is 13.7. The van der Waals surface area contributed by atoms with Crippen molar-refractivity contribution in [3.63, 3.8) is 0 Å². The van der Waals surface area contributed by atoms with Crippen LogP contribution in [0.25, 0.3) is 0 Å². The van der Waals surface area contributed by atoms with Gasteiger partial charge in [0.25, 0.3) is 5.89 Å². The lowest BCUT2D eigenvalue weighted by molar-refractivity contribution is -0.179. The number of aromatic nitrogens is 2. The first-order valence-corrected chi connectivity index (χ1v) is 15.9. The molecule has 4 aromatic rings. The molecule has 3 atom stereocenters. The van der Waals surface area contributed by atoms with Gasteiger partial charge >= 0.3 is 6.16 Å². The van der Waals surface area contributed by atoms with Gasteiger partial charge in [-0.25, -0.2) is 4.79 Å². The number of carbonyl (C=O) groups is 1. The standard InChI is InChI=1S/C31H35N3O6S2/c1-31(2,3)38-30(35)40-34-15-13-26(27(17-34)36-18-21-5-11-25(41-4)12-6-21)22-7-9-24(10-8-22)37-28(23-14-16-42-19-23)29-32-20-33-39-29/h5-12,14,16,19-20,26-28H,13,15,17-18H2,1-4H3. The normalized spacial score (nSPS) is 18.4. The number of thiophene rings is 1. The van der Waals surface area contributed by atoms with E-state index in [-0.39, 0.29) is 12.0 Å². The van der Waals surface area contributed by atoms with E-state index < -0.39 is 17.9 Å². The van der Waals surface area contributed by atoms with Gasteiger partial charge in [-0.05, 0) is 85.7 Å². The van der Waals surface area contributed by atoms with Crippen LogP contribution in [-0.2, 0) is 20.9 Å². The highest BCUT2D eigenvalue weighted by atomic mass is 32.2. The third-order valence-electron chi connectivity index (χ3n) is 6.75. The number of hydroxylamine groups is 2. The molecule has 2 aromatic heterocycles. The van der Waals surface area contributed by atoms with Crippen molar-refractivity contribution in [1.82, 2.24) is 15.2 Å². The Kier molecular flexibility index (Phi) is 9.84. The first kappa shape index (κ1) is 30.1. The zero-order valence-electron chi connectivity index (χ0n) is 24.1. The van der Waals surface area contributed by atoms with E-state index in [1.807, 2.05) is 49.7 Å². The lowest BCUT2D eigenvalue weighted by atomic mass is 9.87. The third kappa shape index (κ3) is 8.13. The van der Waals surface area contributed by atoms with E-state index in [0.29, 0.717) is 31.3 Å². The van der Waals surface area contributed by atoms with E-state index in [1.54, 1.807) is 28.2 Å². The molecule has 1 fully saturated rings. The van der Waals surface area contributed by atoms with Crippen LogP contribution >= 0.6 is 23.1 Å². The summed E-state index contributed by atoms with van der Waals surface area (Å²) in [5, 5.41) is 9.38. The van der Waals surface area contributed by atoms with Gasteiger partial charge in [0, 0.05) is 22.9 Å². The van der Waals surface area contributed by atoms with Crippen molar-refractivity contribution < 1.29 is 28.4 Å². The molecule has 3 heterocycles. The average molecular weight is 610 g/mol. The summed E-state index contributed by atoms with van der Waals surface area (Å²) in [5.41, 5.74) is 2.52. The zero-order valence-corrected chi connectivity index (χ0v) is 25.7. The topological polar surface area (TPSA) is 96.2 Å². The summed E-state index contributed by atoms with van der Waals surface area (Å²) < 4.78 is 23.5. The van der Waals surface area contributed by atoms with Gasteiger partial charge in [-0.1, -0.05) is 29.4 Å². The van der Waals surface area contributed by atoms with Crippen LogP contribution in [0.4, 0.5) is 4.79 Å². The van der Waals surface area contributed by atoms with Crippen molar-refractivity contribution in [2.45, 2.75) is 62.4 Å². The SMILES string of the molecule is CSc1ccc(COC2CN(OC(=O)OC(C)(C)C)CCC2c2ccc(OC(c3ccsc3)c3ncno3)cc2)cc1. The van der Waals surface area contributed by atoms with Crippen molar-refractivity contribution in [2.75, 3.05) is 19.3 Å². The molecule has 1 aliphatic rings. The predicted octanol–water partition coefficient (Wildman–Crippen LogP) is 7.26. The van der Waals surface area contributed by atoms with E-state index in [2.05, 4.69) is 52.8 Å². The van der Waals surface area contributed by atoms with Crippen molar-refractivity contribution in [3.8, 4) is 5.75 Å². The van der Waals surface area contributed by atoms with Crippen LogP contribution in [0.5, 0.6) is 5.75 Å². The highest BCUT2D eigenvalue weighted by Crippen LogP contribution is 2.34. The number of benzene rings is 2. The summed E-state index contributed by atoms with van der Waals surface area (Å²) in [4.78, 5) is 23.3. The van der Waals surface area contributed by atoms with Crippen LogP contribution in [0.1, 0.15) is 61.8 Å². The van der Waals surface area contributed by atoms with Gasteiger partial charge < -0.3 is 23.6 Å². The summed E-state index contributed by atoms with van der Waals surface area (Å²) in [6.07, 6.45) is 2.74. The molecule has 0 saturated carbocycles. The fraction of sp³-hybridized carbons (Fsp3) is 0.387. The molecule has 5 rings (SSSR count). The van der Waals surface area contributed by atoms with Crippen LogP contribution in [-0.4, -0.2) is 52.4 Å². The van der Waals surface area contributed by atoms with E-state index >= 15 is 0 Å². The van der Waals surface area contributed by atoms with Crippen LogP contribution in [0, 0.1) is 0 Å². The Labute approximate surface area is 254 Å². The minimum Gasteiger partial charge on any atom is -0.476 e. The molecule has 3 unspecified atom stereocenters. The lowest BCUT2D eigenvalue weighted by Gasteiger charge is -2.37. The van der Waals surface area contributed by atoms with E-state index in [1.165, 1.54) is 11.2 Å². The Bertz CT molecular complexity index is 1360. The Balaban J connectivity index is 1.29. The van der Waals surface area contributed by atoms with Gasteiger partial charge in [0.05, 0.1) is 19.3 Å². The van der Waals surface area contributed by atoms with Gasteiger partial charge in [-0.15, -0.1) is 16.8 Å². The maximum absolute atomic E-state index is 12.4. The van der Waals surface area contributed by atoms with Crippen molar-refractivity contribution in [2.24, 2.45) is 0 Å². The molecule has 1 saturated heterocycles. The average Bonchev–Trinajstić information content (AvgIpc) is 3.70. The van der Waals surface area contributed by atoms with Gasteiger partial charge in [-0.2, -0.15) is 16.3 Å². The fourth-order valence-electron chi connectivity index (χ4n) is 4.73. The zero-order chi connectivity index (χ0) is 29.5. The third-order valence-corrected chi connectivity index (χ3v) is 8.19. The minimum absolute atomic E-state index is 0.0895. The molecule has 222 valence electrons. The lowest BCUT2D eigenvalue weighted by Crippen LogP contribution is -2.45. The Hall–Kier alpha value is -3.38. The molecule has 0 amide bonds. The Morgan fingerprint density at radius 2 is 1.93 bits per heavy atom. The molecule has 0 N–H and O–H groups in total. The first-order chi connectivity index (χ1) is 20.3. The second-order valence-electron chi connectivity index (χ2n) is 10.9. The number of hydrogen-bond acceptors (Lipinski definition) is 11. The van der Waals surface area contributed by atoms with Crippen molar-refractivity contribution in [1.29, 1.82) is 0 Å². The van der Waals surface area contributed by atoms with Gasteiger partial charge in [-0.3, -0.25) is 0 Å². The Morgan fingerprint density at radius 1 is 1.14 bits per heavy atom. The largest absolute Gasteiger partial charge is 0.528 e. The molecule has 0 radical (unpaired) electrons. The van der Waals surface area contributed by atoms with Gasteiger partial charge in [0.1, 0.15) is 11.4 Å². The highest BCUT2D eigenvalue weighted by molar-refractivity contribution is 7.98. The van der Waals surface area contributed by atoms with Gasteiger partial charge in [0.15, 0.2) is 6.33 Å². The summed E-state index contributed by atoms with van der Waals surface area (Å²) in [6, 6.07) is 18.4. The maximum Gasteiger partial charge on any atom is 0.528 e. The summed E-state index contributed by atoms with van der Waals surface area (Å²) in [7, 11) is 0. The summed E-state index contributed by atoms with van der Waals surface area (Å²) in [6.45, 7) is 6.86. The maximum atomic E-state index is 12.4. The van der Waals surface area contributed by atoms with E-state index in [9.17, 15) is 4.79 Å². The predicted molar refractivity (Wildman–Crippen MR) is 161 cm³/mol. The number of piperidine rings is 1. The fourth-order valence-corrected chi connectivity index (χ4v) is 5.81. The quantitative estimate of drug-likeness (QED) is 0.135. The van der Waals surface area contributed by atoms with Crippen LogP contribution in [0.2, 0.25) is 0 Å². The monoisotopic (exact) mass is 609 g/mol. The number of hydrogen-bond donors (Lipinski definition) is 0.